The van der Waals surface area contributed by atoms with Crippen LogP contribution in [-0.4, -0.2) is 7.05 Å². The van der Waals surface area contributed by atoms with E-state index in [2.05, 4.69) is 17.5 Å². The van der Waals surface area contributed by atoms with Crippen molar-refractivity contribution < 1.29 is 4.42 Å². The SMILES string of the molecule is CNC(C1=CCCC1)c1coc(C)c1. The van der Waals surface area contributed by atoms with Gasteiger partial charge in [0.25, 0.3) is 0 Å². The monoisotopic (exact) mass is 191 g/mol. The van der Waals surface area contributed by atoms with Crippen molar-refractivity contribution in [1.82, 2.24) is 5.32 Å². The first-order valence-corrected chi connectivity index (χ1v) is 5.22. The van der Waals surface area contributed by atoms with Gasteiger partial charge in [0.05, 0.1) is 12.3 Å². The Balaban J connectivity index is 2.20. The second-order valence-electron chi connectivity index (χ2n) is 3.88. The number of hydrogen-bond acceptors (Lipinski definition) is 2. The quantitative estimate of drug-likeness (QED) is 0.743. The summed E-state index contributed by atoms with van der Waals surface area (Å²) in [6.45, 7) is 1.99. The van der Waals surface area contributed by atoms with Crippen LogP contribution in [0.4, 0.5) is 0 Å². The molecule has 0 saturated heterocycles. The van der Waals surface area contributed by atoms with Crippen LogP contribution in [0, 0.1) is 6.92 Å². The van der Waals surface area contributed by atoms with E-state index in [0.717, 1.165) is 5.76 Å². The number of hydrogen-bond donors (Lipinski definition) is 1. The van der Waals surface area contributed by atoms with Gasteiger partial charge in [0, 0.05) is 5.56 Å². The molecule has 0 bridgehead atoms. The third-order valence-electron chi connectivity index (χ3n) is 2.82. The summed E-state index contributed by atoms with van der Waals surface area (Å²) in [6, 6.07) is 2.47. The van der Waals surface area contributed by atoms with Crippen LogP contribution in [-0.2, 0) is 0 Å². The predicted molar refractivity (Wildman–Crippen MR) is 57.2 cm³/mol. The number of aryl methyl sites for hydroxylation is 1. The molecule has 1 N–H and O–H groups in total. The lowest BCUT2D eigenvalue weighted by molar-refractivity contribution is 0.526. The summed E-state index contributed by atoms with van der Waals surface area (Å²) in [5, 5.41) is 3.35. The topological polar surface area (TPSA) is 25.2 Å². The molecule has 1 heterocycles. The van der Waals surface area contributed by atoms with Gasteiger partial charge < -0.3 is 9.73 Å². The van der Waals surface area contributed by atoms with Gasteiger partial charge in [-0.15, -0.1) is 0 Å². The molecule has 0 amide bonds. The van der Waals surface area contributed by atoms with Gasteiger partial charge in [-0.3, -0.25) is 0 Å². The molecule has 0 radical (unpaired) electrons. The summed E-state index contributed by atoms with van der Waals surface area (Å²) < 4.78 is 5.34. The minimum Gasteiger partial charge on any atom is -0.469 e. The Labute approximate surface area is 85.0 Å². The van der Waals surface area contributed by atoms with E-state index in [9.17, 15) is 0 Å². The second-order valence-corrected chi connectivity index (χ2v) is 3.88. The minimum absolute atomic E-state index is 0.356. The van der Waals surface area contributed by atoms with Crippen LogP contribution in [0.15, 0.2) is 28.4 Å². The Morgan fingerprint density at radius 1 is 1.50 bits per heavy atom. The Bertz CT molecular complexity index is 338. The van der Waals surface area contributed by atoms with Gasteiger partial charge in [0.15, 0.2) is 0 Å². The second kappa shape index (κ2) is 4.01. The van der Waals surface area contributed by atoms with E-state index in [0.29, 0.717) is 6.04 Å². The zero-order valence-corrected chi connectivity index (χ0v) is 8.84. The van der Waals surface area contributed by atoms with Gasteiger partial charge in [-0.1, -0.05) is 11.6 Å². The maximum atomic E-state index is 5.34. The van der Waals surface area contributed by atoms with Gasteiger partial charge in [-0.05, 0) is 39.3 Å². The van der Waals surface area contributed by atoms with Crippen molar-refractivity contribution in [2.24, 2.45) is 0 Å². The first kappa shape index (κ1) is 9.53. The number of allylic oxidation sites excluding steroid dienone is 1. The van der Waals surface area contributed by atoms with Crippen LogP contribution in [0.5, 0.6) is 0 Å². The Hall–Kier alpha value is -1.02. The van der Waals surface area contributed by atoms with Crippen molar-refractivity contribution in [3.8, 4) is 0 Å². The summed E-state index contributed by atoms with van der Waals surface area (Å²) in [5.41, 5.74) is 2.76. The molecule has 1 unspecified atom stereocenters. The normalized spacial score (nSPS) is 18.3. The van der Waals surface area contributed by atoms with Crippen LogP contribution in [0.2, 0.25) is 0 Å². The Morgan fingerprint density at radius 2 is 2.36 bits per heavy atom. The first-order valence-electron chi connectivity index (χ1n) is 5.22. The van der Waals surface area contributed by atoms with Crippen molar-refractivity contribution in [3.63, 3.8) is 0 Å². The highest BCUT2D eigenvalue weighted by atomic mass is 16.3. The van der Waals surface area contributed by atoms with Crippen molar-refractivity contribution >= 4 is 0 Å². The molecular formula is C12H17NO. The van der Waals surface area contributed by atoms with E-state index in [4.69, 9.17) is 4.42 Å². The van der Waals surface area contributed by atoms with Crippen molar-refractivity contribution in [3.05, 3.63) is 35.3 Å². The van der Waals surface area contributed by atoms with Crippen LogP contribution < -0.4 is 5.32 Å². The Morgan fingerprint density at radius 3 is 2.86 bits per heavy atom. The molecule has 0 aliphatic heterocycles. The van der Waals surface area contributed by atoms with Gasteiger partial charge >= 0.3 is 0 Å². The molecule has 1 aliphatic rings. The summed E-state index contributed by atoms with van der Waals surface area (Å²) in [4.78, 5) is 0. The average molecular weight is 191 g/mol. The average Bonchev–Trinajstić information content (AvgIpc) is 2.79. The molecule has 1 aromatic heterocycles. The van der Waals surface area contributed by atoms with Gasteiger partial charge in [0.2, 0.25) is 0 Å². The zero-order chi connectivity index (χ0) is 9.97. The van der Waals surface area contributed by atoms with Gasteiger partial charge in [0.1, 0.15) is 5.76 Å². The van der Waals surface area contributed by atoms with Gasteiger partial charge in [-0.25, -0.2) is 0 Å². The van der Waals surface area contributed by atoms with E-state index >= 15 is 0 Å². The standard InChI is InChI=1S/C12H17NO/c1-9-7-11(8-14-9)12(13-2)10-5-3-4-6-10/h5,7-8,12-13H,3-4,6H2,1-2H3. The lowest BCUT2D eigenvalue weighted by atomic mass is 10.0. The van der Waals surface area contributed by atoms with Crippen molar-refractivity contribution in [1.29, 1.82) is 0 Å². The maximum absolute atomic E-state index is 5.34. The number of nitrogens with one attached hydrogen (secondary N) is 1. The van der Waals surface area contributed by atoms with E-state index in [1.165, 1.54) is 30.4 Å². The molecule has 76 valence electrons. The molecule has 14 heavy (non-hydrogen) atoms. The van der Waals surface area contributed by atoms with Gasteiger partial charge in [-0.2, -0.15) is 0 Å². The number of likely N-dealkylation sites (N-methyl/N-ethyl adjacent to an activating group) is 1. The highest BCUT2D eigenvalue weighted by molar-refractivity contribution is 5.28. The zero-order valence-electron chi connectivity index (χ0n) is 8.84. The highest BCUT2D eigenvalue weighted by Crippen LogP contribution is 2.31. The largest absolute Gasteiger partial charge is 0.469 e. The lowest BCUT2D eigenvalue weighted by Gasteiger charge is -2.15. The lowest BCUT2D eigenvalue weighted by Crippen LogP contribution is -2.17. The summed E-state index contributed by atoms with van der Waals surface area (Å²) in [6.07, 6.45) is 7.95. The van der Waals surface area contributed by atoms with E-state index < -0.39 is 0 Å². The molecule has 0 saturated carbocycles. The third-order valence-corrected chi connectivity index (χ3v) is 2.82. The molecule has 0 spiro atoms. The van der Waals surface area contributed by atoms with Crippen LogP contribution in [0.3, 0.4) is 0 Å². The molecule has 0 fully saturated rings. The molecule has 1 aromatic rings. The minimum atomic E-state index is 0.356. The molecule has 1 atom stereocenters. The highest BCUT2D eigenvalue weighted by Gasteiger charge is 2.18. The number of rotatable bonds is 3. The first-order chi connectivity index (χ1) is 6.81. The Kier molecular flexibility index (Phi) is 2.73. The fourth-order valence-corrected chi connectivity index (χ4v) is 2.14. The van der Waals surface area contributed by atoms with Crippen molar-refractivity contribution in [2.75, 3.05) is 7.05 Å². The fraction of sp³-hybridized carbons (Fsp3) is 0.500. The smallest absolute Gasteiger partial charge is 0.101 e. The molecule has 2 rings (SSSR count). The van der Waals surface area contributed by atoms with Crippen molar-refractivity contribution in [2.45, 2.75) is 32.2 Å². The molecule has 2 nitrogen and oxygen atoms in total. The summed E-state index contributed by atoms with van der Waals surface area (Å²) in [5.74, 6) is 0.985. The van der Waals surface area contributed by atoms with Crippen LogP contribution >= 0.6 is 0 Å². The maximum Gasteiger partial charge on any atom is 0.101 e. The van der Waals surface area contributed by atoms with Crippen LogP contribution in [0.25, 0.3) is 0 Å². The van der Waals surface area contributed by atoms with E-state index in [1.54, 1.807) is 0 Å². The molecule has 0 aromatic carbocycles. The van der Waals surface area contributed by atoms with E-state index in [1.807, 2.05) is 20.2 Å². The predicted octanol–water partition coefficient (Wildman–Crippen LogP) is 2.96. The molecule has 1 aliphatic carbocycles. The third kappa shape index (κ3) is 1.75. The fourth-order valence-electron chi connectivity index (χ4n) is 2.14. The molecular weight excluding hydrogens is 174 g/mol. The number of furan rings is 1. The van der Waals surface area contributed by atoms with E-state index in [-0.39, 0.29) is 0 Å². The molecule has 2 heteroatoms. The summed E-state index contributed by atoms with van der Waals surface area (Å²) >= 11 is 0. The van der Waals surface area contributed by atoms with Crippen LogP contribution in [0.1, 0.15) is 36.6 Å². The summed E-state index contributed by atoms with van der Waals surface area (Å²) in [7, 11) is 2.01.